The van der Waals surface area contributed by atoms with E-state index in [1.54, 1.807) is 0 Å². The van der Waals surface area contributed by atoms with E-state index in [4.69, 9.17) is 0 Å². The Bertz CT molecular complexity index is 103. The van der Waals surface area contributed by atoms with Gasteiger partial charge >= 0.3 is 84.2 Å². The summed E-state index contributed by atoms with van der Waals surface area (Å²) in [6, 6.07) is 0. The van der Waals surface area contributed by atoms with Crippen molar-refractivity contribution in [1.29, 1.82) is 0 Å². The molecule has 0 aliphatic carbocycles. The van der Waals surface area contributed by atoms with E-state index in [0.717, 1.165) is 0 Å². The summed E-state index contributed by atoms with van der Waals surface area (Å²) in [4.78, 5) is 0. The molecular formula is C6H20N2SbSi2. The second-order valence-corrected chi connectivity index (χ2v) is 18.8. The van der Waals surface area contributed by atoms with Gasteiger partial charge in [0.25, 0.3) is 0 Å². The summed E-state index contributed by atoms with van der Waals surface area (Å²) in [6.45, 7) is 14.1. The molecule has 0 spiro atoms. The van der Waals surface area contributed by atoms with Crippen molar-refractivity contribution in [2.24, 2.45) is 0 Å². The van der Waals surface area contributed by atoms with Crippen LogP contribution in [0.25, 0.3) is 0 Å². The van der Waals surface area contributed by atoms with E-state index in [2.05, 4.69) is 45.6 Å². The summed E-state index contributed by atoms with van der Waals surface area (Å²) < 4.78 is 7.38. The summed E-state index contributed by atoms with van der Waals surface area (Å²) in [5, 5.41) is 0. The van der Waals surface area contributed by atoms with E-state index in [1.807, 2.05) is 0 Å². The molecule has 67 valence electrons. The van der Waals surface area contributed by atoms with E-state index in [-0.39, 0.29) is 22.2 Å². The predicted octanol–water partition coefficient (Wildman–Crippen LogP) is 1.37. The average Bonchev–Trinajstić information content (AvgIpc) is 1.55. The van der Waals surface area contributed by atoms with Crippen LogP contribution in [0.1, 0.15) is 0 Å². The van der Waals surface area contributed by atoms with Gasteiger partial charge in [-0.25, -0.2) is 0 Å². The van der Waals surface area contributed by atoms with Gasteiger partial charge in [0.2, 0.25) is 0 Å². The summed E-state index contributed by atoms with van der Waals surface area (Å²) in [7, 11) is -1.96. The molecule has 2 N–H and O–H groups in total. The minimum absolute atomic E-state index is 0.267. The first-order valence-corrected chi connectivity index (χ1v) is 13.5. The molecule has 0 heterocycles. The molecule has 0 aliphatic rings. The summed E-state index contributed by atoms with van der Waals surface area (Å²) in [5.41, 5.74) is 0. The van der Waals surface area contributed by atoms with Gasteiger partial charge in [0, 0.05) is 0 Å². The fourth-order valence-electron chi connectivity index (χ4n) is 0.363. The van der Waals surface area contributed by atoms with Crippen LogP contribution >= 0.6 is 0 Å². The molecule has 0 aromatic rings. The van der Waals surface area contributed by atoms with Gasteiger partial charge in [0.1, 0.15) is 0 Å². The van der Waals surface area contributed by atoms with Crippen molar-refractivity contribution in [1.82, 2.24) is 6.28 Å². The Kier molecular flexibility index (Phi) is 4.89. The van der Waals surface area contributed by atoms with Crippen molar-refractivity contribution < 1.29 is 0 Å². The molecule has 0 aliphatic heterocycles. The molecule has 0 fully saturated rings. The Morgan fingerprint density at radius 1 is 0.727 bits per heavy atom. The van der Waals surface area contributed by atoms with Crippen LogP contribution in [0.15, 0.2) is 0 Å². The van der Waals surface area contributed by atoms with Crippen LogP contribution in [0.3, 0.4) is 0 Å². The molecule has 5 heteroatoms. The Hall–Kier alpha value is 1.17. The summed E-state index contributed by atoms with van der Waals surface area (Å²) in [5.74, 6) is 0. The Balaban J connectivity index is 3.44. The molecule has 0 unspecified atom stereocenters. The zero-order chi connectivity index (χ0) is 9.12. The maximum absolute atomic E-state index is 3.69. The number of hydrogen-bond acceptors (Lipinski definition) is 2. The van der Waals surface area contributed by atoms with E-state index in [9.17, 15) is 0 Å². The predicted molar refractivity (Wildman–Crippen MR) is 58.7 cm³/mol. The monoisotopic (exact) mass is 297 g/mol. The summed E-state index contributed by atoms with van der Waals surface area (Å²) in [6.07, 6.45) is 0. The van der Waals surface area contributed by atoms with Crippen LogP contribution in [0.4, 0.5) is 0 Å². The van der Waals surface area contributed by atoms with Crippen molar-refractivity contribution in [3.8, 4) is 0 Å². The van der Waals surface area contributed by atoms with Crippen molar-refractivity contribution in [2.75, 3.05) is 0 Å². The molecule has 1 radical (unpaired) electrons. The Labute approximate surface area is 84.0 Å². The van der Waals surface area contributed by atoms with E-state index >= 15 is 0 Å². The fourth-order valence-corrected chi connectivity index (χ4v) is 8.44. The normalized spacial score (nSPS) is 13.6. The first-order valence-electron chi connectivity index (χ1n) is 3.95. The second kappa shape index (κ2) is 4.42. The zero-order valence-electron chi connectivity index (χ0n) is 8.45. The van der Waals surface area contributed by atoms with Crippen LogP contribution in [0.5, 0.6) is 0 Å². The van der Waals surface area contributed by atoms with E-state index < -0.39 is 16.5 Å². The van der Waals surface area contributed by atoms with Gasteiger partial charge in [0.05, 0.1) is 0 Å². The summed E-state index contributed by atoms with van der Waals surface area (Å²) >= 11 is -0.267. The third-order valence-electron chi connectivity index (χ3n) is 0.783. The molecule has 0 aromatic heterocycles. The molecule has 0 amide bonds. The molecule has 0 atom stereocenters. The third kappa shape index (κ3) is 11.2. The van der Waals surface area contributed by atoms with Gasteiger partial charge in [-0.3, -0.25) is 0 Å². The molecule has 2 nitrogen and oxygen atoms in total. The Morgan fingerprint density at radius 3 is 1.18 bits per heavy atom. The quantitative estimate of drug-likeness (QED) is 0.766. The maximum atomic E-state index is 3.69. The van der Waals surface area contributed by atoms with E-state index in [0.29, 0.717) is 0 Å². The standard InChI is InChI=1S/2C3H10NSi.Sb/c2*1-5(2,3)4;/h2*4H,1-3H3;/q2*-1;+2. The van der Waals surface area contributed by atoms with Crippen molar-refractivity contribution in [2.45, 2.75) is 39.3 Å². The topological polar surface area (TPSA) is 24.1 Å². The van der Waals surface area contributed by atoms with Crippen LogP contribution in [-0.4, -0.2) is 38.6 Å². The van der Waals surface area contributed by atoms with Gasteiger partial charge in [0.15, 0.2) is 0 Å². The number of rotatable bonds is 4. The van der Waals surface area contributed by atoms with Crippen LogP contribution in [0.2, 0.25) is 39.3 Å². The molecule has 0 aromatic carbocycles. The second-order valence-electron chi connectivity index (χ2n) is 4.84. The SMILES string of the molecule is C[Si](C)(C)[NH][Sb][NH][Si](C)(C)C. The third-order valence-corrected chi connectivity index (χ3v) is 15.8. The fraction of sp³-hybridized carbons (Fsp3) is 1.00. The number of nitrogens with one attached hydrogen (secondary N) is 2. The van der Waals surface area contributed by atoms with Crippen LogP contribution in [0, 0.1) is 0 Å². The first-order chi connectivity index (χ1) is 4.71. The minimum atomic E-state index is -0.981. The van der Waals surface area contributed by atoms with Gasteiger partial charge in [-0.1, -0.05) is 0 Å². The van der Waals surface area contributed by atoms with Gasteiger partial charge in [-0.05, 0) is 0 Å². The molecule has 0 saturated heterocycles. The van der Waals surface area contributed by atoms with Gasteiger partial charge < -0.3 is 0 Å². The molecule has 11 heavy (non-hydrogen) atoms. The van der Waals surface area contributed by atoms with E-state index in [1.165, 1.54) is 0 Å². The average molecular weight is 298 g/mol. The zero-order valence-corrected chi connectivity index (χ0v) is 13.0. The van der Waals surface area contributed by atoms with Crippen molar-refractivity contribution >= 4 is 38.6 Å². The first kappa shape index (κ1) is 12.2. The molecular weight excluding hydrogens is 278 g/mol. The molecule has 0 saturated carbocycles. The van der Waals surface area contributed by atoms with Gasteiger partial charge in [-0.15, -0.1) is 0 Å². The van der Waals surface area contributed by atoms with Crippen LogP contribution in [-0.2, 0) is 0 Å². The van der Waals surface area contributed by atoms with Crippen molar-refractivity contribution in [3.63, 3.8) is 0 Å². The van der Waals surface area contributed by atoms with Crippen LogP contribution < -0.4 is 6.28 Å². The molecule has 0 bridgehead atoms. The van der Waals surface area contributed by atoms with Gasteiger partial charge in [-0.2, -0.15) is 0 Å². The molecule has 0 rings (SSSR count). The Morgan fingerprint density at radius 2 is 1.00 bits per heavy atom. The van der Waals surface area contributed by atoms with Crippen molar-refractivity contribution in [3.05, 3.63) is 0 Å². The number of hydrogen-bond donors (Lipinski definition) is 2.